The second-order valence-electron chi connectivity index (χ2n) is 5.18. The highest BCUT2D eigenvalue weighted by molar-refractivity contribution is 6.31. The molecule has 0 amide bonds. The summed E-state index contributed by atoms with van der Waals surface area (Å²) in [4.78, 5) is 8.87. The zero-order valence-electron chi connectivity index (χ0n) is 12.5. The Hall–Kier alpha value is -1.68. The van der Waals surface area contributed by atoms with Crippen LogP contribution in [0, 0.1) is 5.82 Å². The third-order valence-corrected chi connectivity index (χ3v) is 3.38. The van der Waals surface area contributed by atoms with E-state index in [2.05, 4.69) is 22.2 Å². The highest BCUT2D eigenvalue weighted by Crippen LogP contribution is 2.27. The summed E-state index contributed by atoms with van der Waals surface area (Å²) in [5.74, 6) is 0.822. The fraction of sp³-hybridized carbons (Fsp3) is 0.375. The van der Waals surface area contributed by atoms with Gasteiger partial charge in [-0.25, -0.2) is 14.4 Å². The van der Waals surface area contributed by atoms with Gasteiger partial charge >= 0.3 is 0 Å². The molecular weight excluding hydrogens is 289 g/mol. The normalized spacial score (nSPS) is 11.0. The Kier molecular flexibility index (Phi) is 5.12. The van der Waals surface area contributed by atoms with E-state index in [1.165, 1.54) is 6.07 Å². The van der Waals surface area contributed by atoms with E-state index in [9.17, 15) is 4.39 Å². The van der Waals surface area contributed by atoms with Crippen molar-refractivity contribution in [3.63, 3.8) is 0 Å². The topological polar surface area (TPSA) is 37.8 Å². The van der Waals surface area contributed by atoms with Crippen LogP contribution >= 0.6 is 11.6 Å². The fourth-order valence-electron chi connectivity index (χ4n) is 1.90. The Morgan fingerprint density at radius 1 is 1.29 bits per heavy atom. The van der Waals surface area contributed by atoms with Crippen LogP contribution in [0.15, 0.2) is 24.3 Å². The van der Waals surface area contributed by atoms with Crippen molar-refractivity contribution in [2.24, 2.45) is 0 Å². The van der Waals surface area contributed by atoms with Gasteiger partial charge in [0.25, 0.3) is 0 Å². The number of benzene rings is 1. The van der Waals surface area contributed by atoms with E-state index in [1.54, 1.807) is 12.1 Å². The number of halogens is 2. The number of hydrogen-bond donors (Lipinski definition) is 1. The molecule has 0 spiro atoms. The highest BCUT2D eigenvalue weighted by Gasteiger charge is 2.14. The van der Waals surface area contributed by atoms with Crippen molar-refractivity contribution in [1.82, 2.24) is 9.97 Å². The van der Waals surface area contributed by atoms with Crippen LogP contribution in [0.3, 0.4) is 0 Å². The number of nitrogens with zero attached hydrogens (tertiary/aromatic N) is 2. The second-order valence-corrected chi connectivity index (χ2v) is 5.59. The molecule has 0 aliphatic heterocycles. The SMILES string of the molecule is CCCNc1cc(C(C)C)nc(-c2cccc(Cl)c2F)n1. The Morgan fingerprint density at radius 3 is 2.71 bits per heavy atom. The lowest BCUT2D eigenvalue weighted by Crippen LogP contribution is -2.07. The molecule has 5 heteroatoms. The predicted octanol–water partition coefficient (Wildman–Crippen LogP) is 4.88. The first kappa shape index (κ1) is 15.7. The van der Waals surface area contributed by atoms with Crippen LogP contribution in [0.2, 0.25) is 5.02 Å². The van der Waals surface area contributed by atoms with Gasteiger partial charge in [0.1, 0.15) is 5.82 Å². The van der Waals surface area contributed by atoms with Gasteiger partial charge in [-0.3, -0.25) is 0 Å². The molecule has 0 radical (unpaired) electrons. The number of aromatic nitrogens is 2. The van der Waals surface area contributed by atoms with E-state index in [-0.39, 0.29) is 10.9 Å². The maximum Gasteiger partial charge on any atom is 0.164 e. The van der Waals surface area contributed by atoms with Crippen LogP contribution in [0.4, 0.5) is 10.2 Å². The first-order valence-corrected chi connectivity index (χ1v) is 7.48. The average molecular weight is 308 g/mol. The summed E-state index contributed by atoms with van der Waals surface area (Å²) >= 11 is 5.84. The molecule has 0 atom stereocenters. The Morgan fingerprint density at radius 2 is 2.05 bits per heavy atom. The number of hydrogen-bond acceptors (Lipinski definition) is 3. The summed E-state index contributed by atoms with van der Waals surface area (Å²) in [5.41, 5.74) is 1.20. The molecule has 0 saturated carbocycles. The third-order valence-electron chi connectivity index (χ3n) is 3.09. The average Bonchev–Trinajstić information content (AvgIpc) is 2.47. The van der Waals surface area contributed by atoms with Gasteiger partial charge < -0.3 is 5.32 Å². The third kappa shape index (κ3) is 3.70. The molecular formula is C16H19ClFN3. The van der Waals surface area contributed by atoms with Crippen molar-refractivity contribution in [2.45, 2.75) is 33.1 Å². The molecule has 3 nitrogen and oxygen atoms in total. The van der Waals surface area contributed by atoms with Gasteiger partial charge in [0, 0.05) is 18.3 Å². The minimum absolute atomic E-state index is 0.0779. The van der Waals surface area contributed by atoms with Crippen LogP contribution < -0.4 is 5.32 Å². The highest BCUT2D eigenvalue weighted by atomic mass is 35.5. The number of anilines is 1. The Labute approximate surface area is 129 Å². The molecule has 0 fully saturated rings. The van der Waals surface area contributed by atoms with Crippen molar-refractivity contribution in [1.29, 1.82) is 0 Å². The summed E-state index contributed by atoms with van der Waals surface area (Å²) in [6.07, 6.45) is 0.988. The van der Waals surface area contributed by atoms with E-state index in [1.807, 2.05) is 19.9 Å². The fourth-order valence-corrected chi connectivity index (χ4v) is 2.08. The van der Waals surface area contributed by atoms with E-state index in [0.29, 0.717) is 17.2 Å². The zero-order chi connectivity index (χ0) is 15.4. The zero-order valence-corrected chi connectivity index (χ0v) is 13.2. The largest absolute Gasteiger partial charge is 0.370 e. The molecule has 1 aromatic heterocycles. The summed E-state index contributed by atoms with van der Waals surface area (Å²) in [5, 5.41) is 3.31. The van der Waals surface area contributed by atoms with E-state index < -0.39 is 5.82 Å². The van der Waals surface area contributed by atoms with Crippen molar-refractivity contribution in [3.05, 3.63) is 40.8 Å². The van der Waals surface area contributed by atoms with Crippen molar-refractivity contribution < 1.29 is 4.39 Å². The molecule has 112 valence electrons. The molecule has 0 unspecified atom stereocenters. The van der Waals surface area contributed by atoms with Crippen LogP contribution in [0.1, 0.15) is 38.8 Å². The molecule has 1 aromatic carbocycles. The van der Waals surface area contributed by atoms with Gasteiger partial charge in [-0.1, -0.05) is 38.4 Å². The Bertz CT molecular complexity index is 629. The molecule has 0 aliphatic rings. The molecule has 21 heavy (non-hydrogen) atoms. The molecule has 0 bridgehead atoms. The van der Waals surface area contributed by atoms with Crippen LogP contribution in [0.5, 0.6) is 0 Å². The molecule has 2 aromatic rings. The molecule has 0 aliphatic carbocycles. The van der Waals surface area contributed by atoms with E-state index >= 15 is 0 Å². The van der Waals surface area contributed by atoms with Gasteiger partial charge in [-0.2, -0.15) is 0 Å². The lowest BCUT2D eigenvalue weighted by Gasteiger charge is -2.12. The van der Waals surface area contributed by atoms with Crippen LogP contribution in [-0.4, -0.2) is 16.5 Å². The lowest BCUT2D eigenvalue weighted by molar-refractivity contribution is 0.630. The predicted molar refractivity (Wildman–Crippen MR) is 85.3 cm³/mol. The van der Waals surface area contributed by atoms with Gasteiger partial charge in [0.15, 0.2) is 11.6 Å². The van der Waals surface area contributed by atoms with Crippen LogP contribution in [-0.2, 0) is 0 Å². The van der Waals surface area contributed by atoms with Crippen molar-refractivity contribution in [3.8, 4) is 11.4 Å². The Balaban J connectivity index is 2.51. The molecule has 0 saturated heterocycles. The van der Waals surface area contributed by atoms with E-state index in [0.717, 1.165) is 18.7 Å². The van der Waals surface area contributed by atoms with Gasteiger partial charge in [0.2, 0.25) is 0 Å². The van der Waals surface area contributed by atoms with Crippen molar-refractivity contribution >= 4 is 17.4 Å². The minimum atomic E-state index is -0.485. The van der Waals surface area contributed by atoms with Crippen LogP contribution in [0.25, 0.3) is 11.4 Å². The van der Waals surface area contributed by atoms with Crippen molar-refractivity contribution in [2.75, 3.05) is 11.9 Å². The molecule has 1 heterocycles. The molecule has 1 N–H and O–H groups in total. The number of rotatable bonds is 5. The summed E-state index contributed by atoms with van der Waals surface area (Å²) in [6, 6.07) is 6.77. The quantitative estimate of drug-likeness (QED) is 0.855. The maximum atomic E-state index is 14.2. The summed E-state index contributed by atoms with van der Waals surface area (Å²) in [6.45, 7) is 6.98. The minimum Gasteiger partial charge on any atom is -0.370 e. The van der Waals surface area contributed by atoms with E-state index in [4.69, 9.17) is 11.6 Å². The standard InChI is InChI=1S/C16H19ClFN3/c1-4-8-19-14-9-13(10(2)3)20-16(21-14)11-6-5-7-12(17)15(11)18/h5-7,9-10H,4,8H2,1-3H3,(H,19,20,21). The lowest BCUT2D eigenvalue weighted by atomic mass is 10.1. The second kappa shape index (κ2) is 6.85. The summed E-state index contributed by atoms with van der Waals surface area (Å²) < 4.78 is 14.2. The first-order valence-electron chi connectivity index (χ1n) is 7.10. The monoisotopic (exact) mass is 307 g/mol. The molecule has 2 rings (SSSR count). The number of nitrogens with one attached hydrogen (secondary N) is 1. The van der Waals surface area contributed by atoms with Gasteiger partial charge in [-0.15, -0.1) is 0 Å². The smallest absolute Gasteiger partial charge is 0.164 e. The summed E-state index contributed by atoms with van der Waals surface area (Å²) in [7, 11) is 0. The van der Waals surface area contributed by atoms with Gasteiger partial charge in [-0.05, 0) is 24.5 Å². The maximum absolute atomic E-state index is 14.2. The first-order chi connectivity index (χ1) is 10.0. The van der Waals surface area contributed by atoms with Gasteiger partial charge in [0.05, 0.1) is 10.6 Å².